The van der Waals surface area contributed by atoms with E-state index in [1.807, 2.05) is 6.92 Å². The smallest absolute Gasteiger partial charge is 0.255 e. The molecule has 0 fully saturated rings. The Hall–Kier alpha value is -1.96. The van der Waals surface area contributed by atoms with Gasteiger partial charge in [-0.3, -0.25) is 4.79 Å². The monoisotopic (exact) mass is 367 g/mol. The molecule has 24 heavy (non-hydrogen) atoms. The van der Waals surface area contributed by atoms with Crippen molar-refractivity contribution in [2.75, 3.05) is 19.4 Å². The molecule has 0 aliphatic rings. The lowest BCUT2D eigenvalue weighted by atomic mass is 10.1. The zero-order valence-corrected chi connectivity index (χ0v) is 15.4. The first kappa shape index (κ1) is 18.4. The summed E-state index contributed by atoms with van der Waals surface area (Å²) in [6.45, 7) is 3.61. The van der Waals surface area contributed by atoms with E-state index in [2.05, 4.69) is 10.3 Å². The number of anilines is 1. The van der Waals surface area contributed by atoms with E-state index in [4.69, 9.17) is 11.6 Å². The molecule has 8 heteroatoms. The number of carbonyl (C=O) groups is 1. The number of carbonyl (C=O) groups excluding carboxylic acids is 1. The predicted octanol–water partition coefficient (Wildman–Crippen LogP) is 2.85. The summed E-state index contributed by atoms with van der Waals surface area (Å²) in [7, 11) is -0.675. The number of sulfonamides is 1. The summed E-state index contributed by atoms with van der Waals surface area (Å²) in [5.41, 5.74) is 2.34. The molecular weight excluding hydrogens is 350 g/mol. The molecule has 0 saturated carbocycles. The number of rotatable bonds is 4. The minimum atomic E-state index is -3.59. The fourth-order valence-corrected chi connectivity index (χ4v) is 3.24. The van der Waals surface area contributed by atoms with Crippen molar-refractivity contribution >= 4 is 33.2 Å². The Morgan fingerprint density at radius 2 is 1.88 bits per heavy atom. The maximum atomic E-state index is 12.4. The molecule has 0 spiro atoms. The van der Waals surface area contributed by atoms with E-state index in [1.54, 1.807) is 13.0 Å². The van der Waals surface area contributed by atoms with Crippen LogP contribution in [0, 0.1) is 13.8 Å². The summed E-state index contributed by atoms with van der Waals surface area (Å²) >= 11 is 5.79. The number of aromatic nitrogens is 1. The van der Waals surface area contributed by atoms with Crippen molar-refractivity contribution in [3.05, 3.63) is 52.3 Å². The second-order valence-corrected chi connectivity index (χ2v) is 8.06. The van der Waals surface area contributed by atoms with Gasteiger partial charge in [-0.25, -0.2) is 17.7 Å². The summed E-state index contributed by atoms with van der Waals surface area (Å²) in [5.74, 6) is -0.388. The van der Waals surface area contributed by atoms with Crippen molar-refractivity contribution in [3.63, 3.8) is 0 Å². The fraction of sp³-hybridized carbons (Fsp3) is 0.250. The van der Waals surface area contributed by atoms with E-state index in [1.165, 1.54) is 38.5 Å². The molecule has 1 amide bonds. The number of pyridine rings is 1. The van der Waals surface area contributed by atoms with Gasteiger partial charge in [0.05, 0.1) is 4.90 Å². The third-order valence-electron chi connectivity index (χ3n) is 3.66. The Bertz CT molecular complexity index is 895. The van der Waals surface area contributed by atoms with E-state index in [0.717, 1.165) is 15.4 Å². The number of amides is 1. The Labute approximate surface area is 146 Å². The van der Waals surface area contributed by atoms with E-state index in [-0.39, 0.29) is 16.0 Å². The van der Waals surface area contributed by atoms with Crippen LogP contribution in [0.3, 0.4) is 0 Å². The second kappa shape index (κ2) is 6.88. The molecule has 0 bridgehead atoms. The van der Waals surface area contributed by atoms with E-state index >= 15 is 0 Å². The molecule has 1 N–H and O–H groups in total. The first-order valence-corrected chi connectivity index (χ1v) is 8.91. The van der Waals surface area contributed by atoms with Crippen LogP contribution in [0.2, 0.25) is 5.15 Å². The summed E-state index contributed by atoms with van der Waals surface area (Å²) in [5, 5.41) is 2.95. The SMILES string of the molecule is Cc1cc(S(=O)(=O)N(C)C)cc(NC(=O)c2ccnc(Cl)c2)c1C. The van der Waals surface area contributed by atoms with Gasteiger partial charge >= 0.3 is 0 Å². The largest absolute Gasteiger partial charge is 0.322 e. The molecule has 1 aromatic carbocycles. The summed E-state index contributed by atoms with van der Waals surface area (Å²) < 4.78 is 25.8. The van der Waals surface area contributed by atoms with Crippen LogP contribution in [0.25, 0.3) is 0 Å². The number of halogens is 1. The van der Waals surface area contributed by atoms with E-state index in [9.17, 15) is 13.2 Å². The minimum absolute atomic E-state index is 0.124. The lowest BCUT2D eigenvalue weighted by Crippen LogP contribution is -2.23. The van der Waals surface area contributed by atoms with Crippen molar-refractivity contribution < 1.29 is 13.2 Å². The van der Waals surface area contributed by atoms with Crippen LogP contribution in [-0.2, 0) is 10.0 Å². The molecule has 0 saturated heterocycles. The highest BCUT2D eigenvalue weighted by Gasteiger charge is 2.20. The number of hydrogen-bond acceptors (Lipinski definition) is 4. The topological polar surface area (TPSA) is 79.4 Å². The normalized spacial score (nSPS) is 11.6. The first-order chi connectivity index (χ1) is 11.1. The lowest BCUT2D eigenvalue weighted by molar-refractivity contribution is 0.102. The molecule has 1 heterocycles. The molecule has 128 valence electrons. The number of hydrogen-bond donors (Lipinski definition) is 1. The van der Waals surface area contributed by atoms with Crippen LogP contribution in [0.15, 0.2) is 35.4 Å². The second-order valence-electron chi connectivity index (χ2n) is 5.52. The molecule has 2 rings (SSSR count). The van der Waals surface area contributed by atoms with Gasteiger partial charge in [0.25, 0.3) is 5.91 Å². The van der Waals surface area contributed by atoms with Crippen molar-refractivity contribution in [3.8, 4) is 0 Å². The summed E-state index contributed by atoms with van der Waals surface area (Å²) in [6, 6.07) is 6.02. The summed E-state index contributed by atoms with van der Waals surface area (Å²) in [6.07, 6.45) is 1.43. The third-order valence-corrected chi connectivity index (χ3v) is 5.66. The molecule has 0 aliphatic heterocycles. The fourth-order valence-electron chi connectivity index (χ4n) is 2.05. The van der Waals surface area contributed by atoms with E-state index in [0.29, 0.717) is 11.3 Å². The molecule has 1 aromatic heterocycles. The first-order valence-electron chi connectivity index (χ1n) is 7.09. The molecule has 6 nitrogen and oxygen atoms in total. The van der Waals surface area contributed by atoms with Crippen molar-refractivity contribution in [1.82, 2.24) is 9.29 Å². The highest BCUT2D eigenvalue weighted by molar-refractivity contribution is 7.89. The Balaban J connectivity index is 2.44. The van der Waals surface area contributed by atoms with Crippen LogP contribution in [0.4, 0.5) is 5.69 Å². The number of nitrogens with zero attached hydrogens (tertiary/aromatic N) is 2. The standard InChI is InChI=1S/C16H18ClN3O3S/c1-10-7-13(24(22,23)20(3)4)9-14(11(10)2)19-16(21)12-5-6-18-15(17)8-12/h5-9H,1-4H3,(H,19,21). The molecule has 0 aliphatic carbocycles. The maximum Gasteiger partial charge on any atom is 0.255 e. The third kappa shape index (κ3) is 3.75. The van der Waals surface area contributed by atoms with Gasteiger partial charge in [-0.2, -0.15) is 0 Å². The predicted molar refractivity (Wildman–Crippen MR) is 94.0 cm³/mol. The van der Waals surface area contributed by atoms with Gasteiger partial charge in [0.2, 0.25) is 10.0 Å². The van der Waals surface area contributed by atoms with Gasteiger partial charge in [0.15, 0.2) is 0 Å². The van der Waals surface area contributed by atoms with Crippen LogP contribution >= 0.6 is 11.6 Å². The summed E-state index contributed by atoms with van der Waals surface area (Å²) in [4.78, 5) is 16.3. The number of aryl methyl sites for hydroxylation is 1. The zero-order valence-electron chi connectivity index (χ0n) is 13.8. The number of nitrogens with one attached hydrogen (secondary N) is 1. The quantitative estimate of drug-likeness (QED) is 0.843. The van der Waals surface area contributed by atoms with Gasteiger partial charge < -0.3 is 5.32 Å². The highest BCUT2D eigenvalue weighted by Crippen LogP contribution is 2.26. The van der Waals surface area contributed by atoms with Crippen LogP contribution in [0.1, 0.15) is 21.5 Å². The van der Waals surface area contributed by atoms with Crippen molar-refractivity contribution in [1.29, 1.82) is 0 Å². The Morgan fingerprint density at radius 3 is 2.46 bits per heavy atom. The lowest BCUT2D eigenvalue weighted by Gasteiger charge is -2.16. The minimum Gasteiger partial charge on any atom is -0.322 e. The molecule has 0 atom stereocenters. The van der Waals surface area contributed by atoms with Gasteiger partial charge in [-0.15, -0.1) is 0 Å². The van der Waals surface area contributed by atoms with E-state index < -0.39 is 10.0 Å². The molecule has 0 radical (unpaired) electrons. The molecular formula is C16H18ClN3O3S. The van der Waals surface area contributed by atoms with Crippen LogP contribution in [0.5, 0.6) is 0 Å². The average Bonchev–Trinajstić information content (AvgIpc) is 2.51. The number of benzene rings is 1. The van der Waals surface area contributed by atoms with Gasteiger partial charge in [0, 0.05) is 31.5 Å². The van der Waals surface area contributed by atoms with Gasteiger partial charge in [-0.05, 0) is 49.2 Å². The maximum absolute atomic E-state index is 12.4. The zero-order chi connectivity index (χ0) is 18.1. The molecule has 2 aromatic rings. The highest BCUT2D eigenvalue weighted by atomic mass is 35.5. The Morgan fingerprint density at radius 1 is 1.21 bits per heavy atom. The van der Waals surface area contributed by atoms with Crippen LogP contribution < -0.4 is 5.32 Å². The van der Waals surface area contributed by atoms with Crippen LogP contribution in [-0.4, -0.2) is 37.7 Å². The van der Waals surface area contributed by atoms with Crippen molar-refractivity contribution in [2.24, 2.45) is 0 Å². The average molecular weight is 368 g/mol. The van der Waals surface area contributed by atoms with Gasteiger partial charge in [-0.1, -0.05) is 11.6 Å². The Kier molecular flexibility index (Phi) is 5.27. The van der Waals surface area contributed by atoms with Gasteiger partial charge in [0.1, 0.15) is 5.15 Å². The van der Waals surface area contributed by atoms with Crippen molar-refractivity contribution in [2.45, 2.75) is 18.7 Å². The molecule has 0 unspecified atom stereocenters.